The molecule has 1 atom stereocenters. The van der Waals surface area contributed by atoms with Gasteiger partial charge in [0.2, 0.25) is 20.4 Å². The number of carbonyl (C=O) groups is 3. The molecule has 0 aliphatic heterocycles. The number of amides is 3. The third kappa shape index (κ3) is 6.28. The molecule has 0 unspecified atom stereocenters. The largest absolute Gasteiger partial charge is 0.372 e. The van der Waals surface area contributed by atoms with Gasteiger partial charge in [0.05, 0.1) is 5.69 Å². The molecule has 10 heteroatoms. The van der Waals surface area contributed by atoms with Gasteiger partial charge >= 0.3 is 0 Å². The van der Waals surface area contributed by atoms with E-state index in [4.69, 9.17) is 0 Å². The highest BCUT2D eigenvalue weighted by Gasteiger charge is 2.25. The van der Waals surface area contributed by atoms with Crippen LogP contribution in [-0.4, -0.2) is 50.3 Å². The van der Waals surface area contributed by atoms with Crippen molar-refractivity contribution in [2.75, 3.05) is 24.4 Å². The molecule has 0 bridgehead atoms. The molecule has 0 fully saturated rings. The number of nitrogens with one attached hydrogen (secondary N) is 3. The fourth-order valence-corrected chi connectivity index (χ4v) is 6.97. The van der Waals surface area contributed by atoms with Crippen molar-refractivity contribution in [3.8, 4) is 11.3 Å². The standard InChI is InChI=1S/C22H24N4O3S2Si/c1-23-19(27)16-8-10-17(11-9-16)20(28)26-32(13-12-30-2)22(29)25-21-24-18(14-31-21)15-6-4-3-5-7-15/h3-11,14,32H,12-13H2,1-2H3,(H,23,27)(H,26,28)(H,24,25,29)/t32-/m0/s1. The molecule has 7 nitrogen and oxygen atoms in total. The van der Waals surface area contributed by atoms with E-state index in [1.165, 1.54) is 11.3 Å². The Morgan fingerprint density at radius 2 is 1.66 bits per heavy atom. The van der Waals surface area contributed by atoms with E-state index in [1.54, 1.807) is 43.1 Å². The van der Waals surface area contributed by atoms with E-state index in [1.807, 2.05) is 42.0 Å². The molecular weight excluding hydrogens is 460 g/mol. The topological polar surface area (TPSA) is 100 Å². The minimum absolute atomic E-state index is 0.177. The van der Waals surface area contributed by atoms with Crippen LogP contribution in [0, 0.1) is 0 Å². The first-order valence-electron chi connectivity index (χ1n) is 9.95. The van der Waals surface area contributed by atoms with Crippen LogP contribution in [0.2, 0.25) is 6.04 Å². The lowest BCUT2D eigenvalue weighted by Crippen LogP contribution is -2.47. The molecule has 0 aliphatic carbocycles. The van der Waals surface area contributed by atoms with Crippen LogP contribution in [0.1, 0.15) is 20.7 Å². The normalized spacial score (nSPS) is 11.4. The van der Waals surface area contributed by atoms with Crippen LogP contribution in [0.4, 0.5) is 9.93 Å². The molecule has 0 aliphatic rings. The fraction of sp³-hybridized carbons (Fsp3) is 0.182. The number of benzene rings is 2. The van der Waals surface area contributed by atoms with Crippen molar-refractivity contribution in [3.63, 3.8) is 0 Å². The van der Waals surface area contributed by atoms with Crippen LogP contribution < -0.4 is 15.6 Å². The summed E-state index contributed by atoms with van der Waals surface area (Å²) < 4.78 is 0. The van der Waals surface area contributed by atoms with E-state index in [-0.39, 0.29) is 17.3 Å². The molecule has 2 aromatic carbocycles. The molecule has 3 N–H and O–H groups in total. The van der Waals surface area contributed by atoms with Crippen LogP contribution in [0.15, 0.2) is 60.0 Å². The first-order chi connectivity index (χ1) is 15.5. The quantitative estimate of drug-likeness (QED) is 0.401. The van der Waals surface area contributed by atoms with Crippen LogP contribution in [0.25, 0.3) is 11.3 Å². The summed E-state index contributed by atoms with van der Waals surface area (Å²) in [5, 5.41) is 7.84. The molecule has 0 radical (unpaired) electrons. The van der Waals surface area contributed by atoms with Gasteiger partial charge in [0, 0.05) is 29.1 Å². The molecule has 0 spiro atoms. The Morgan fingerprint density at radius 1 is 1.00 bits per heavy atom. The van der Waals surface area contributed by atoms with Crippen LogP contribution in [-0.2, 0) is 0 Å². The summed E-state index contributed by atoms with van der Waals surface area (Å²) in [7, 11) is -0.778. The van der Waals surface area contributed by atoms with Gasteiger partial charge < -0.3 is 15.6 Å². The zero-order chi connectivity index (χ0) is 22.9. The molecule has 0 saturated carbocycles. The third-order valence-corrected chi connectivity index (χ3v) is 8.75. The summed E-state index contributed by atoms with van der Waals surface area (Å²) in [5.74, 6) is 0.236. The van der Waals surface area contributed by atoms with Crippen molar-refractivity contribution in [2.45, 2.75) is 6.04 Å². The Hall–Kier alpha value is -2.95. The second-order valence-corrected chi connectivity index (χ2v) is 11.2. The van der Waals surface area contributed by atoms with Crippen molar-refractivity contribution < 1.29 is 14.4 Å². The van der Waals surface area contributed by atoms with E-state index in [2.05, 4.69) is 20.6 Å². The van der Waals surface area contributed by atoms with E-state index in [9.17, 15) is 14.4 Å². The predicted octanol–water partition coefficient (Wildman–Crippen LogP) is 3.80. The minimum Gasteiger partial charge on any atom is -0.372 e. The average molecular weight is 485 g/mol. The Balaban J connectivity index is 1.67. The van der Waals surface area contributed by atoms with Gasteiger partial charge in [-0.15, -0.1) is 11.3 Å². The minimum atomic E-state index is -2.33. The Labute approximate surface area is 196 Å². The summed E-state index contributed by atoms with van der Waals surface area (Å²) in [6.45, 7) is 0. The van der Waals surface area contributed by atoms with E-state index < -0.39 is 8.96 Å². The molecule has 3 aromatic rings. The van der Waals surface area contributed by atoms with E-state index in [0.717, 1.165) is 17.0 Å². The number of hydrogen-bond donors (Lipinski definition) is 3. The number of thiazole rings is 1. The van der Waals surface area contributed by atoms with E-state index in [0.29, 0.717) is 22.3 Å². The lowest BCUT2D eigenvalue weighted by Gasteiger charge is -2.16. The number of hydrogen-bond acceptors (Lipinski definition) is 6. The lowest BCUT2D eigenvalue weighted by atomic mass is 10.1. The molecule has 1 aromatic heterocycles. The fourth-order valence-electron chi connectivity index (χ4n) is 2.93. The van der Waals surface area contributed by atoms with Gasteiger partial charge in [-0.3, -0.25) is 14.4 Å². The van der Waals surface area contributed by atoms with Crippen molar-refractivity contribution in [3.05, 3.63) is 71.1 Å². The van der Waals surface area contributed by atoms with Gasteiger partial charge in [0.1, 0.15) is 0 Å². The monoisotopic (exact) mass is 484 g/mol. The highest BCUT2D eigenvalue weighted by molar-refractivity contribution is 7.98. The van der Waals surface area contributed by atoms with Crippen LogP contribution >= 0.6 is 23.1 Å². The van der Waals surface area contributed by atoms with Gasteiger partial charge in [-0.1, -0.05) is 30.3 Å². The molecule has 166 valence electrons. The Bertz CT molecular complexity index is 1070. The zero-order valence-corrected chi connectivity index (χ0v) is 20.5. The first-order valence-corrected chi connectivity index (χ1v) is 14.2. The Morgan fingerprint density at radius 3 is 2.28 bits per heavy atom. The van der Waals surface area contributed by atoms with Gasteiger partial charge in [0.15, 0.2) is 5.13 Å². The summed E-state index contributed by atoms with van der Waals surface area (Å²) in [6.07, 6.45) is 1.97. The molecule has 3 amide bonds. The first kappa shape index (κ1) is 23.7. The number of rotatable bonds is 9. The SMILES string of the molecule is CNC(=O)c1ccc(C(=O)N[Si@@H](CCSC)C(=O)Nc2nc(-c3ccccc3)cs2)cc1. The third-order valence-electron chi connectivity index (χ3n) is 4.67. The van der Waals surface area contributed by atoms with Gasteiger partial charge in [-0.05, 0) is 42.3 Å². The van der Waals surface area contributed by atoms with Crippen LogP contribution in [0.5, 0.6) is 0 Å². The molecular formula is C22H24N4O3S2Si. The zero-order valence-electron chi connectivity index (χ0n) is 17.8. The lowest BCUT2D eigenvalue weighted by molar-refractivity contribution is 0.0957. The average Bonchev–Trinajstić information content (AvgIpc) is 3.30. The number of anilines is 1. The highest BCUT2D eigenvalue weighted by atomic mass is 32.2. The molecule has 0 saturated heterocycles. The summed E-state index contributed by atoms with van der Waals surface area (Å²) in [4.78, 5) is 44.8. The van der Waals surface area contributed by atoms with Gasteiger partial charge in [-0.2, -0.15) is 11.8 Å². The van der Waals surface area contributed by atoms with Crippen molar-refractivity contribution in [1.82, 2.24) is 15.3 Å². The second-order valence-electron chi connectivity index (χ2n) is 6.86. The van der Waals surface area contributed by atoms with Crippen molar-refractivity contribution >= 4 is 54.5 Å². The Kier molecular flexibility index (Phi) is 8.60. The summed E-state index contributed by atoms with van der Waals surface area (Å²) >= 11 is 2.99. The molecule has 3 rings (SSSR count). The van der Waals surface area contributed by atoms with Crippen molar-refractivity contribution in [2.24, 2.45) is 0 Å². The predicted molar refractivity (Wildman–Crippen MR) is 134 cm³/mol. The van der Waals surface area contributed by atoms with Gasteiger partial charge in [-0.25, -0.2) is 4.98 Å². The smallest absolute Gasteiger partial charge is 0.251 e. The van der Waals surface area contributed by atoms with Crippen molar-refractivity contribution in [1.29, 1.82) is 0 Å². The molecule has 32 heavy (non-hydrogen) atoms. The molecule has 1 heterocycles. The maximum absolute atomic E-state index is 13.0. The number of aromatic nitrogens is 1. The number of nitrogens with zero attached hydrogens (tertiary/aromatic N) is 1. The van der Waals surface area contributed by atoms with Gasteiger partial charge in [0.25, 0.3) is 5.91 Å². The second kappa shape index (κ2) is 11.6. The summed E-state index contributed by atoms with van der Waals surface area (Å²) in [6, 6.07) is 16.7. The number of carbonyl (C=O) groups excluding carboxylic acids is 3. The van der Waals surface area contributed by atoms with E-state index >= 15 is 0 Å². The number of thioether (sulfide) groups is 1. The maximum Gasteiger partial charge on any atom is 0.251 e. The maximum atomic E-state index is 13.0. The highest BCUT2D eigenvalue weighted by Crippen LogP contribution is 2.24. The van der Waals surface area contributed by atoms with Crippen LogP contribution in [0.3, 0.4) is 0 Å². The summed E-state index contributed by atoms with van der Waals surface area (Å²) in [5.41, 5.74) is 2.48.